The molecule has 3 aliphatic rings. The number of ether oxygens (including phenoxy) is 2. The summed E-state index contributed by atoms with van der Waals surface area (Å²) in [6, 6.07) is 22.3. The Morgan fingerprint density at radius 3 is 2.22 bits per heavy atom. The van der Waals surface area contributed by atoms with E-state index >= 15 is 4.39 Å². The Morgan fingerprint density at radius 2 is 1.50 bits per heavy atom. The summed E-state index contributed by atoms with van der Waals surface area (Å²) in [6.07, 6.45) is 5.66. The Balaban J connectivity index is 0.749. The van der Waals surface area contributed by atoms with Gasteiger partial charge in [-0.05, 0) is 93.1 Å². The lowest BCUT2D eigenvalue weighted by atomic mass is 9.95. The van der Waals surface area contributed by atoms with Crippen molar-refractivity contribution in [2.45, 2.75) is 52.2 Å². The second kappa shape index (κ2) is 24.4. The Hall–Kier alpha value is -8.17. The number of amides is 5. The van der Waals surface area contributed by atoms with Gasteiger partial charge in [-0.3, -0.25) is 33.8 Å². The fourth-order valence-corrected chi connectivity index (χ4v) is 10.1. The van der Waals surface area contributed by atoms with Crippen molar-refractivity contribution in [3.8, 4) is 16.9 Å². The molecule has 3 fully saturated rings. The fraction of sp³-hybridized carbons (Fsp3) is 0.404. The zero-order valence-corrected chi connectivity index (χ0v) is 44.5. The monoisotopic (exact) mass is 1060 g/mol. The molecule has 0 radical (unpaired) electrons. The van der Waals surface area contributed by atoms with Crippen molar-refractivity contribution in [2.24, 2.45) is 5.92 Å². The van der Waals surface area contributed by atoms with Crippen molar-refractivity contribution < 1.29 is 37.8 Å². The lowest BCUT2D eigenvalue weighted by Gasteiger charge is -2.40. The van der Waals surface area contributed by atoms with Gasteiger partial charge in [0.25, 0.3) is 17.4 Å². The molecule has 3 aliphatic heterocycles. The van der Waals surface area contributed by atoms with Gasteiger partial charge in [-0.15, -0.1) is 0 Å². The smallest absolute Gasteiger partial charge is 0.411 e. The number of anilines is 1. The quantitative estimate of drug-likeness (QED) is 0.133. The number of halogens is 1. The molecule has 6 heterocycles. The van der Waals surface area contributed by atoms with Gasteiger partial charge in [0.1, 0.15) is 30.0 Å². The molecule has 2 N–H and O–H groups in total. The number of rotatable bonds is 15. The van der Waals surface area contributed by atoms with E-state index in [0.29, 0.717) is 77.6 Å². The standard InChI is InChI=1S/C57H65FN12O8/c1-57(2,3)78-56(76)70(34-42-14-17-59-37-61-42)35-50(71)62-49-31-41(40-8-7-9-43(30-40)77-4)32-60-52(49)55(75)68-18-15-38(16-19-68)33-65-20-22-66(23-21-65)36-51(72)67-24-26-69(27-25-67)54(74)46-28-39(12-13-47(46)58)29-48-44-10-5-6-11-45(44)53(73)64-63-48/h5-14,17,28,30-32,37-38H,15-16,18-27,29,33-36H2,1-4H3,(H,62,71)(H,64,73). The van der Waals surface area contributed by atoms with Gasteiger partial charge >= 0.3 is 6.09 Å². The maximum atomic E-state index is 15.1. The summed E-state index contributed by atoms with van der Waals surface area (Å²) in [6.45, 7) is 11.3. The summed E-state index contributed by atoms with van der Waals surface area (Å²) in [4.78, 5) is 105. The number of carbonyl (C=O) groups excluding carboxylic acids is 5. The zero-order chi connectivity index (χ0) is 54.9. The molecule has 5 amide bonds. The van der Waals surface area contributed by atoms with Crippen LogP contribution in [0.4, 0.5) is 14.9 Å². The predicted molar refractivity (Wildman–Crippen MR) is 289 cm³/mol. The number of nitrogens with one attached hydrogen (secondary N) is 2. The Morgan fingerprint density at radius 1 is 0.782 bits per heavy atom. The number of fused-ring (bicyclic) bond motifs is 1. The van der Waals surface area contributed by atoms with E-state index in [4.69, 9.17) is 9.47 Å². The fourth-order valence-electron chi connectivity index (χ4n) is 10.1. The number of nitrogens with zero attached hydrogens (tertiary/aromatic N) is 10. The number of carbonyl (C=O) groups is 5. The molecule has 0 aliphatic carbocycles. The van der Waals surface area contributed by atoms with Crippen LogP contribution in [0, 0.1) is 11.7 Å². The Bertz CT molecular complexity index is 3200. The normalized spacial score (nSPS) is 15.7. The van der Waals surface area contributed by atoms with Crippen molar-refractivity contribution in [1.82, 2.24) is 54.5 Å². The molecule has 21 heteroatoms. The Kier molecular flexibility index (Phi) is 17.1. The lowest BCUT2D eigenvalue weighted by Crippen LogP contribution is -2.55. The summed E-state index contributed by atoms with van der Waals surface area (Å²) in [7, 11) is 1.57. The molecule has 0 saturated carbocycles. The van der Waals surface area contributed by atoms with E-state index in [0.717, 1.165) is 51.1 Å². The van der Waals surface area contributed by atoms with E-state index in [1.54, 1.807) is 91.4 Å². The molecular weight excluding hydrogens is 1000 g/mol. The SMILES string of the molecule is COc1cccc(-c2cnc(C(=O)N3CCC(CN4CCN(CC(=O)N5CCN(C(=O)c6cc(Cc7n[nH]c(=O)c8ccccc78)ccc6F)CC5)CC4)CC3)c(NC(=O)CN(Cc3ccncn3)C(=O)OC(C)(C)C)c2)c1. The highest BCUT2D eigenvalue weighted by Gasteiger charge is 2.32. The number of piperazine rings is 2. The number of methoxy groups -OCH3 is 1. The lowest BCUT2D eigenvalue weighted by molar-refractivity contribution is -0.134. The summed E-state index contributed by atoms with van der Waals surface area (Å²) < 4.78 is 26.2. The highest BCUT2D eigenvalue weighted by molar-refractivity contribution is 6.04. The first-order chi connectivity index (χ1) is 37.6. The Labute approximate surface area is 451 Å². The minimum Gasteiger partial charge on any atom is -0.497 e. The summed E-state index contributed by atoms with van der Waals surface area (Å²) >= 11 is 0. The first kappa shape index (κ1) is 54.6. The van der Waals surface area contributed by atoms with Gasteiger partial charge in [-0.25, -0.2) is 29.2 Å². The molecular formula is C57H65FN12O8. The van der Waals surface area contributed by atoms with Crippen molar-refractivity contribution in [2.75, 3.05) is 97.5 Å². The van der Waals surface area contributed by atoms with Crippen LogP contribution in [0.2, 0.25) is 0 Å². The number of likely N-dealkylation sites (tertiary alicyclic amines) is 1. The number of hydrogen-bond acceptors (Lipinski definition) is 14. The molecule has 3 aromatic carbocycles. The van der Waals surface area contributed by atoms with Crippen molar-refractivity contribution in [3.05, 3.63) is 142 Å². The maximum Gasteiger partial charge on any atom is 0.411 e. The largest absolute Gasteiger partial charge is 0.497 e. The van der Waals surface area contributed by atoms with Gasteiger partial charge < -0.3 is 34.4 Å². The first-order valence-corrected chi connectivity index (χ1v) is 26.3. The summed E-state index contributed by atoms with van der Waals surface area (Å²) in [5, 5.41) is 10.8. The maximum absolute atomic E-state index is 15.1. The number of aromatic amines is 1. The molecule has 0 bridgehead atoms. The summed E-state index contributed by atoms with van der Waals surface area (Å²) in [5.74, 6) is -0.964. The minimum atomic E-state index is -0.823. The van der Waals surface area contributed by atoms with Crippen LogP contribution in [0.25, 0.3) is 21.9 Å². The van der Waals surface area contributed by atoms with Crippen LogP contribution in [0.1, 0.15) is 71.4 Å². The number of H-pyrrole nitrogens is 1. The molecule has 3 aromatic heterocycles. The average Bonchev–Trinajstić information content (AvgIpc) is 3.45. The van der Waals surface area contributed by atoms with Crippen molar-refractivity contribution in [3.63, 3.8) is 0 Å². The second-order valence-electron chi connectivity index (χ2n) is 21.0. The molecule has 6 aromatic rings. The molecule has 78 heavy (non-hydrogen) atoms. The highest BCUT2D eigenvalue weighted by atomic mass is 19.1. The highest BCUT2D eigenvalue weighted by Crippen LogP contribution is 2.30. The van der Waals surface area contributed by atoms with E-state index in [9.17, 15) is 28.8 Å². The third kappa shape index (κ3) is 13.7. The molecule has 408 valence electrons. The number of piperidine rings is 1. The van der Waals surface area contributed by atoms with Gasteiger partial charge in [-0.1, -0.05) is 36.4 Å². The molecule has 3 saturated heterocycles. The number of pyridine rings is 1. The van der Waals surface area contributed by atoms with Crippen molar-refractivity contribution in [1.29, 1.82) is 0 Å². The number of hydrogen-bond donors (Lipinski definition) is 2. The average molecular weight is 1070 g/mol. The molecule has 0 atom stereocenters. The van der Waals surface area contributed by atoms with E-state index < -0.39 is 35.9 Å². The van der Waals surface area contributed by atoms with E-state index in [1.165, 1.54) is 17.3 Å². The van der Waals surface area contributed by atoms with Crippen LogP contribution in [0.5, 0.6) is 5.75 Å². The number of benzene rings is 3. The van der Waals surface area contributed by atoms with Gasteiger partial charge in [0.05, 0.1) is 48.2 Å². The van der Waals surface area contributed by atoms with E-state index in [2.05, 4.69) is 40.3 Å². The van der Waals surface area contributed by atoms with E-state index in [-0.39, 0.29) is 60.5 Å². The van der Waals surface area contributed by atoms with Crippen LogP contribution < -0.4 is 15.6 Å². The van der Waals surface area contributed by atoms with E-state index in [1.807, 2.05) is 36.4 Å². The molecule has 0 unspecified atom stereocenters. The minimum absolute atomic E-state index is 0.00474. The summed E-state index contributed by atoms with van der Waals surface area (Å²) in [5.41, 5.74) is 2.33. The predicted octanol–water partition coefficient (Wildman–Crippen LogP) is 5.34. The second-order valence-corrected chi connectivity index (χ2v) is 21.0. The third-order valence-corrected chi connectivity index (χ3v) is 14.3. The molecule has 9 rings (SSSR count). The van der Waals surface area contributed by atoms with Crippen LogP contribution in [-0.2, 0) is 27.3 Å². The zero-order valence-electron chi connectivity index (χ0n) is 44.5. The molecule has 20 nitrogen and oxygen atoms in total. The van der Waals surface area contributed by atoms with Crippen LogP contribution in [0.15, 0.2) is 102 Å². The van der Waals surface area contributed by atoms with Gasteiger partial charge in [0, 0.05) is 102 Å². The van der Waals surface area contributed by atoms with Gasteiger partial charge in [-0.2, -0.15) is 5.10 Å². The number of aromatic nitrogens is 5. The van der Waals surface area contributed by atoms with Crippen molar-refractivity contribution >= 4 is 46.2 Å². The third-order valence-electron chi connectivity index (χ3n) is 14.3. The van der Waals surface area contributed by atoms with Crippen LogP contribution in [-0.4, -0.2) is 182 Å². The molecule has 0 spiro atoms. The van der Waals surface area contributed by atoms with Crippen LogP contribution >= 0.6 is 0 Å². The van der Waals surface area contributed by atoms with Crippen LogP contribution in [0.3, 0.4) is 0 Å². The van der Waals surface area contributed by atoms with Gasteiger partial charge in [0.2, 0.25) is 11.8 Å². The van der Waals surface area contributed by atoms with Gasteiger partial charge in [0.15, 0.2) is 5.69 Å². The first-order valence-electron chi connectivity index (χ1n) is 26.3. The topological polar surface area (TPSA) is 220 Å².